The maximum atomic E-state index is 12.5. The first-order valence-corrected chi connectivity index (χ1v) is 9.12. The lowest BCUT2D eigenvalue weighted by Crippen LogP contribution is -2.44. The molecule has 1 N–H and O–H groups in total. The van der Waals surface area contributed by atoms with Crippen LogP contribution in [0.25, 0.3) is 6.08 Å². The highest BCUT2D eigenvalue weighted by Crippen LogP contribution is 2.36. The molecule has 1 unspecified atom stereocenters. The second-order valence-corrected chi connectivity index (χ2v) is 8.54. The van der Waals surface area contributed by atoms with E-state index in [1.807, 2.05) is 84.9 Å². The molecule has 3 heteroatoms. The Kier molecular flexibility index (Phi) is 7.43. The number of ether oxygens (including phenoxy) is 1. The summed E-state index contributed by atoms with van der Waals surface area (Å²) in [6.45, 7) is 14.0. The molecule has 0 saturated heterocycles. The third kappa shape index (κ3) is 6.32. The van der Waals surface area contributed by atoms with Gasteiger partial charge in [0.25, 0.3) is 0 Å². The molecule has 0 aliphatic rings. The highest BCUT2D eigenvalue weighted by Gasteiger charge is 2.40. The van der Waals surface area contributed by atoms with E-state index < -0.39 is 11.0 Å². The summed E-state index contributed by atoms with van der Waals surface area (Å²) in [4.78, 5) is 12.5. The average molecular weight is 347 g/mol. The summed E-state index contributed by atoms with van der Waals surface area (Å²) in [7, 11) is 0. The van der Waals surface area contributed by atoms with E-state index in [9.17, 15) is 9.90 Å². The second-order valence-electron chi connectivity index (χ2n) is 8.54. The van der Waals surface area contributed by atoms with Gasteiger partial charge in [-0.3, -0.25) is 4.79 Å². The van der Waals surface area contributed by atoms with Crippen molar-refractivity contribution in [3.8, 4) is 0 Å². The van der Waals surface area contributed by atoms with Gasteiger partial charge in [0.1, 0.15) is 6.10 Å². The molecule has 0 aliphatic heterocycles. The summed E-state index contributed by atoms with van der Waals surface area (Å²) in [5, 5.41) is 11.2. The predicted molar refractivity (Wildman–Crippen MR) is 104 cm³/mol. The lowest BCUT2D eigenvalue weighted by molar-refractivity contribution is -0.161. The molecule has 0 fully saturated rings. The molecule has 0 amide bonds. The molecule has 0 heterocycles. The molecule has 1 aromatic carbocycles. The fourth-order valence-corrected chi connectivity index (χ4v) is 2.83. The first-order chi connectivity index (χ1) is 11.5. The van der Waals surface area contributed by atoms with E-state index in [2.05, 4.69) is 0 Å². The quantitative estimate of drug-likeness (QED) is 0.699. The molecule has 0 aromatic heterocycles. The standard InChI is InChI=1S/C22H34O3/c1-16(2)20(17(3)4)25-19(23)15-22(24,21(5,6)7)14-13-18-11-9-8-10-12-18/h8-14,16-17,20,24H,15H2,1-7H3/b14-13+. The zero-order chi connectivity index (χ0) is 19.3. The average Bonchev–Trinajstić information content (AvgIpc) is 2.50. The number of esters is 1. The summed E-state index contributed by atoms with van der Waals surface area (Å²) in [5.41, 5.74) is -0.790. The van der Waals surface area contributed by atoms with Crippen LogP contribution in [0.1, 0.15) is 60.5 Å². The molecular formula is C22H34O3. The molecule has 0 bridgehead atoms. The Morgan fingerprint density at radius 3 is 2.04 bits per heavy atom. The number of hydrogen-bond acceptors (Lipinski definition) is 3. The van der Waals surface area contributed by atoms with Gasteiger partial charge in [-0.2, -0.15) is 0 Å². The SMILES string of the molecule is CC(C)C(OC(=O)CC(O)(/C=C/c1ccccc1)C(C)(C)C)C(C)C. The molecular weight excluding hydrogens is 312 g/mol. The van der Waals surface area contributed by atoms with Crippen LogP contribution in [0, 0.1) is 17.3 Å². The number of carbonyl (C=O) groups excluding carboxylic acids is 1. The van der Waals surface area contributed by atoms with Crippen molar-refractivity contribution >= 4 is 12.0 Å². The zero-order valence-corrected chi connectivity index (χ0v) is 16.7. The minimum absolute atomic E-state index is 0.0597. The number of hydrogen-bond donors (Lipinski definition) is 1. The lowest BCUT2D eigenvalue weighted by atomic mass is 9.74. The van der Waals surface area contributed by atoms with Gasteiger partial charge < -0.3 is 9.84 Å². The number of aliphatic hydroxyl groups is 1. The fourth-order valence-electron chi connectivity index (χ4n) is 2.83. The van der Waals surface area contributed by atoms with Gasteiger partial charge in [0.2, 0.25) is 0 Å². The van der Waals surface area contributed by atoms with Crippen LogP contribution < -0.4 is 0 Å². The van der Waals surface area contributed by atoms with Crippen LogP contribution in [-0.2, 0) is 9.53 Å². The van der Waals surface area contributed by atoms with Crippen molar-refractivity contribution in [3.63, 3.8) is 0 Å². The summed E-state index contributed by atoms with van der Waals surface area (Å²) in [6.07, 6.45) is 3.38. The Morgan fingerprint density at radius 1 is 1.08 bits per heavy atom. The molecule has 0 aliphatic carbocycles. The van der Waals surface area contributed by atoms with Gasteiger partial charge >= 0.3 is 5.97 Å². The summed E-state index contributed by atoms with van der Waals surface area (Å²) in [5.74, 6) is 0.126. The molecule has 1 rings (SSSR count). The van der Waals surface area contributed by atoms with Crippen LogP contribution in [0.15, 0.2) is 36.4 Å². The van der Waals surface area contributed by atoms with Gasteiger partial charge in [-0.1, -0.05) is 91.0 Å². The highest BCUT2D eigenvalue weighted by molar-refractivity contribution is 5.72. The molecule has 1 atom stereocenters. The van der Waals surface area contributed by atoms with E-state index in [0.29, 0.717) is 0 Å². The van der Waals surface area contributed by atoms with E-state index in [0.717, 1.165) is 5.56 Å². The Labute approximate surface area is 153 Å². The van der Waals surface area contributed by atoms with Gasteiger partial charge in [0.05, 0.1) is 12.0 Å². The smallest absolute Gasteiger partial charge is 0.309 e. The number of rotatable bonds is 7. The van der Waals surface area contributed by atoms with E-state index in [4.69, 9.17) is 4.74 Å². The first kappa shape index (κ1) is 21.4. The summed E-state index contributed by atoms with van der Waals surface area (Å²) < 4.78 is 5.68. The maximum absolute atomic E-state index is 12.5. The molecule has 3 nitrogen and oxygen atoms in total. The predicted octanol–water partition coefficient (Wildman–Crippen LogP) is 5.09. The van der Waals surface area contributed by atoms with Gasteiger partial charge in [0.15, 0.2) is 0 Å². The zero-order valence-electron chi connectivity index (χ0n) is 16.7. The third-order valence-electron chi connectivity index (χ3n) is 4.65. The van der Waals surface area contributed by atoms with Crippen molar-refractivity contribution in [2.24, 2.45) is 17.3 Å². The lowest BCUT2D eigenvalue weighted by Gasteiger charge is -2.38. The van der Waals surface area contributed by atoms with E-state index >= 15 is 0 Å². The van der Waals surface area contributed by atoms with Crippen LogP contribution in [0.3, 0.4) is 0 Å². The molecule has 25 heavy (non-hydrogen) atoms. The van der Waals surface area contributed by atoms with Crippen molar-refractivity contribution < 1.29 is 14.6 Å². The molecule has 140 valence electrons. The van der Waals surface area contributed by atoms with Crippen molar-refractivity contribution in [2.75, 3.05) is 0 Å². The largest absolute Gasteiger partial charge is 0.462 e. The van der Waals surface area contributed by atoms with Crippen LogP contribution in [-0.4, -0.2) is 22.8 Å². The third-order valence-corrected chi connectivity index (χ3v) is 4.65. The van der Waals surface area contributed by atoms with E-state index in [1.54, 1.807) is 6.08 Å². The molecule has 0 saturated carbocycles. The number of benzene rings is 1. The minimum Gasteiger partial charge on any atom is -0.462 e. The molecule has 0 spiro atoms. The van der Waals surface area contributed by atoms with Crippen molar-refractivity contribution in [2.45, 2.75) is 66.6 Å². The topological polar surface area (TPSA) is 46.5 Å². The van der Waals surface area contributed by atoms with Gasteiger partial charge in [0, 0.05) is 0 Å². The summed E-state index contributed by atoms with van der Waals surface area (Å²) in [6, 6.07) is 9.76. The minimum atomic E-state index is -1.28. The monoisotopic (exact) mass is 346 g/mol. The van der Waals surface area contributed by atoms with Gasteiger partial charge in [-0.25, -0.2) is 0 Å². The van der Waals surface area contributed by atoms with Gasteiger partial charge in [-0.05, 0) is 22.8 Å². The number of carbonyl (C=O) groups is 1. The van der Waals surface area contributed by atoms with Gasteiger partial charge in [-0.15, -0.1) is 0 Å². The summed E-state index contributed by atoms with van der Waals surface area (Å²) >= 11 is 0. The highest BCUT2D eigenvalue weighted by atomic mass is 16.5. The van der Waals surface area contributed by atoms with E-state index in [-0.39, 0.29) is 30.3 Å². The molecule has 0 radical (unpaired) electrons. The Hall–Kier alpha value is -1.61. The maximum Gasteiger partial charge on any atom is 0.309 e. The Morgan fingerprint density at radius 2 is 1.60 bits per heavy atom. The van der Waals surface area contributed by atoms with Crippen molar-refractivity contribution in [3.05, 3.63) is 42.0 Å². The van der Waals surface area contributed by atoms with Crippen LogP contribution in [0.5, 0.6) is 0 Å². The van der Waals surface area contributed by atoms with Crippen LogP contribution in [0.2, 0.25) is 0 Å². The fraction of sp³-hybridized carbons (Fsp3) is 0.591. The first-order valence-electron chi connectivity index (χ1n) is 9.12. The van der Waals surface area contributed by atoms with Crippen molar-refractivity contribution in [1.29, 1.82) is 0 Å². The second kappa shape index (κ2) is 8.66. The Bertz CT molecular complexity index is 559. The Balaban J connectivity index is 2.96. The van der Waals surface area contributed by atoms with Crippen molar-refractivity contribution in [1.82, 2.24) is 0 Å². The normalized spacial score (nSPS) is 15.2. The van der Waals surface area contributed by atoms with E-state index in [1.165, 1.54) is 0 Å². The molecule has 1 aromatic rings. The van der Waals surface area contributed by atoms with Crippen LogP contribution >= 0.6 is 0 Å². The van der Waals surface area contributed by atoms with Crippen LogP contribution in [0.4, 0.5) is 0 Å².